The number of nitrogens with one attached hydrogen (secondary N) is 1. The number of rotatable bonds is 3. The molecule has 0 saturated heterocycles. The van der Waals surface area contributed by atoms with Crippen LogP contribution in [0.2, 0.25) is 0 Å². The van der Waals surface area contributed by atoms with Gasteiger partial charge in [-0.25, -0.2) is 0 Å². The molecule has 0 fully saturated rings. The van der Waals surface area contributed by atoms with E-state index in [0.29, 0.717) is 13.1 Å². The largest absolute Gasteiger partial charge is 0.355 e. The van der Waals surface area contributed by atoms with E-state index in [9.17, 15) is 4.79 Å². The molecule has 11 heavy (non-hydrogen) atoms. The van der Waals surface area contributed by atoms with Crippen molar-refractivity contribution in [2.24, 2.45) is 5.73 Å². The summed E-state index contributed by atoms with van der Waals surface area (Å²) in [7, 11) is 0. The third-order valence-corrected chi connectivity index (χ3v) is 1.02. The van der Waals surface area contributed by atoms with Gasteiger partial charge in [-0.05, 0) is 0 Å². The zero-order valence-corrected chi connectivity index (χ0v) is 7.81. The van der Waals surface area contributed by atoms with E-state index in [1.807, 2.05) is 0 Å². The molecule has 0 aliphatic carbocycles. The normalized spacial score (nSPS) is 8.00. The quantitative estimate of drug-likeness (QED) is 0.644. The van der Waals surface area contributed by atoms with E-state index in [0.717, 1.165) is 0 Å². The number of hydrogen-bond donors (Lipinski definition) is 2. The van der Waals surface area contributed by atoms with Gasteiger partial charge in [0.15, 0.2) is 0 Å². The molecule has 0 spiro atoms. The summed E-state index contributed by atoms with van der Waals surface area (Å²) < 4.78 is 0. The molecule has 3 nitrogen and oxygen atoms in total. The fourth-order valence-corrected chi connectivity index (χ4v) is 0.248. The van der Waals surface area contributed by atoms with Crippen LogP contribution in [0, 0.1) is 0 Å². The molecular formula is C8H20N2O. The van der Waals surface area contributed by atoms with Crippen LogP contribution >= 0.6 is 0 Å². The Morgan fingerprint density at radius 2 is 1.82 bits per heavy atom. The van der Waals surface area contributed by atoms with E-state index in [1.165, 1.54) is 19.8 Å². The summed E-state index contributed by atoms with van der Waals surface area (Å²) in [6.07, 6.45) is 2.64. The van der Waals surface area contributed by atoms with Crippen molar-refractivity contribution < 1.29 is 4.79 Å². The van der Waals surface area contributed by atoms with Crippen LogP contribution in [-0.2, 0) is 4.79 Å². The highest BCUT2D eigenvalue weighted by molar-refractivity contribution is 5.72. The van der Waals surface area contributed by atoms with Crippen molar-refractivity contribution in [1.29, 1.82) is 0 Å². The van der Waals surface area contributed by atoms with E-state index < -0.39 is 0 Å². The van der Waals surface area contributed by atoms with Gasteiger partial charge < -0.3 is 11.1 Å². The lowest BCUT2D eigenvalue weighted by Crippen LogP contribution is -2.26. The van der Waals surface area contributed by atoms with Crippen LogP contribution in [0.15, 0.2) is 0 Å². The van der Waals surface area contributed by atoms with Crippen LogP contribution in [0.1, 0.15) is 33.6 Å². The number of carbonyl (C=O) groups is 1. The zero-order chi connectivity index (χ0) is 9.11. The van der Waals surface area contributed by atoms with Gasteiger partial charge in [0, 0.05) is 20.0 Å². The van der Waals surface area contributed by atoms with Crippen LogP contribution in [0.4, 0.5) is 0 Å². The van der Waals surface area contributed by atoms with Crippen molar-refractivity contribution in [3.63, 3.8) is 0 Å². The molecule has 0 aromatic carbocycles. The maximum Gasteiger partial charge on any atom is 0.216 e. The van der Waals surface area contributed by atoms with E-state index in [-0.39, 0.29) is 5.91 Å². The maximum absolute atomic E-state index is 10.0. The molecule has 0 rings (SSSR count). The van der Waals surface area contributed by atoms with Crippen molar-refractivity contribution in [3.05, 3.63) is 0 Å². The molecule has 3 heteroatoms. The van der Waals surface area contributed by atoms with Crippen LogP contribution in [-0.4, -0.2) is 19.0 Å². The van der Waals surface area contributed by atoms with Gasteiger partial charge in [0.1, 0.15) is 0 Å². The Kier molecular flexibility index (Phi) is 14.4. The molecule has 0 bridgehead atoms. The molecule has 3 N–H and O–H groups in total. The van der Waals surface area contributed by atoms with Crippen LogP contribution in [0.5, 0.6) is 0 Å². The standard InChI is InChI=1S/C4H10N2O.C4H10/c1-4(7)6-3-2-5;1-3-4-2/h2-3,5H2,1H3,(H,6,7);3-4H2,1-2H3. The Bertz CT molecular complexity index is 82.2. The number of unbranched alkanes of at least 4 members (excludes halogenated alkanes) is 1. The van der Waals surface area contributed by atoms with Gasteiger partial charge in [-0.1, -0.05) is 26.7 Å². The monoisotopic (exact) mass is 160 g/mol. The van der Waals surface area contributed by atoms with Crippen molar-refractivity contribution in [2.45, 2.75) is 33.6 Å². The lowest BCUT2D eigenvalue weighted by atomic mass is 10.4. The average molecular weight is 160 g/mol. The van der Waals surface area contributed by atoms with Gasteiger partial charge in [0.25, 0.3) is 0 Å². The molecule has 0 radical (unpaired) electrons. The molecule has 0 aromatic rings. The second kappa shape index (κ2) is 12.1. The summed E-state index contributed by atoms with van der Waals surface area (Å²) in [4.78, 5) is 10.0. The molecule has 0 aromatic heterocycles. The molecule has 0 saturated carbocycles. The summed E-state index contributed by atoms with van der Waals surface area (Å²) in [5, 5.41) is 2.53. The molecule has 0 aliphatic rings. The van der Waals surface area contributed by atoms with Gasteiger partial charge in [0.2, 0.25) is 5.91 Å². The smallest absolute Gasteiger partial charge is 0.216 e. The molecule has 0 aliphatic heterocycles. The van der Waals surface area contributed by atoms with E-state index in [2.05, 4.69) is 19.2 Å². The van der Waals surface area contributed by atoms with E-state index in [1.54, 1.807) is 0 Å². The van der Waals surface area contributed by atoms with E-state index in [4.69, 9.17) is 5.73 Å². The van der Waals surface area contributed by atoms with Gasteiger partial charge in [-0.15, -0.1) is 0 Å². The average Bonchev–Trinajstić information content (AvgIpc) is 2.01. The first-order valence-corrected chi connectivity index (χ1v) is 4.13. The lowest BCUT2D eigenvalue weighted by molar-refractivity contribution is -0.118. The molecule has 0 unspecified atom stereocenters. The Morgan fingerprint density at radius 3 is 1.91 bits per heavy atom. The third kappa shape index (κ3) is 26.5. The van der Waals surface area contributed by atoms with Crippen molar-refractivity contribution >= 4 is 5.91 Å². The Morgan fingerprint density at radius 1 is 1.36 bits per heavy atom. The first kappa shape index (κ1) is 13.1. The Balaban J connectivity index is 0. The maximum atomic E-state index is 10.0. The fourth-order valence-electron chi connectivity index (χ4n) is 0.248. The lowest BCUT2D eigenvalue weighted by Gasteiger charge is -1.93. The van der Waals surface area contributed by atoms with Crippen molar-refractivity contribution in [3.8, 4) is 0 Å². The zero-order valence-electron chi connectivity index (χ0n) is 7.81. The molecule has 1 amide bonds. The molecule has 0 atom stereocenters. The van der Waals surface area contributed by atoms with Crippen LogP contribution in [0.25, 0.3) is 0 Å². The minimum absolute atomic E-state index is 0.0227. The summed E-state index contributed by atoms with van der Waals surface area (Å²) in [6.45, 7) is 6.92. The predicted molar refractivity (Wildman–Crippen MR) is 48.3 cm³/mol. The highest BCUT2D eigenvalue weighted by Crippen LogP contribution is 1.76. The minimum atomic E-state index is -0.0227. The van der Waals surface area contributed by atoms with Crippen LogP contribution < -0.4 is 11.1 Å². The van der Waals surface area contributed by atoms with Gasteiger partial charge >= 0.3 is 0 Å². The topological polar surface area (TPSA) is 55.1 Å². The second-order valence-corrected chi connectivity index (χ2v) is 2.27. The number of amides is 1. The minimum Gasteiger partial charge on any atom is -0.355 e. The first-order valence-electron chi connectivity index (χ1n) is 4.13. The summed E-state index contributed by atoms with van der Waals surface area (Å²) in [5.41, 5.74) is 5.06. The summed E-state index contributed by atoms with van der Waals surface area (Å²) in [5.74, 6) is -0.0227. The third-order valence-electron chi connectivity index (χ3n) is 1.02. The number of hydrogen-bond acceptors (Lipinski definition) is 2. The Labute approximate surface area is 69.4 Å². The van der Waals surface area contributed by atoms with Gasteiger partial charge in [-0.2, -0.15) is 0 Å². The highest BCUT2D eigenvalue weighted by Gasteiger charge is 1.83. The highest BCUT2D eigenvalue weighted by atomic mass is 16.1. The molecule has 0 heterocycles. The summed E-state index contributed by atoms with van der Waals surface area (Å²) in [6, 6.07) is 0. The van der Waals surface area contributed by atoms with Gasteiger partial charge in [-0.3, -0.25) is 4.79 Å². The van der Waals surface area contributed by atoms with E-state index >= 15 is 0 Å². The molecule has 68 valence electrons. The number of nitrogens with two attached hydrogens (primary N) is 1. The number of carbonyl (C=O) groups excluding carboxylic acids is 1. The predicted octanol–water partition coefficient (Wildman–Crippen LogP) is 0.888. The Hall–Kier alpha value is -0.570. The van der Waals surface area contributed by atoms with Crippen molar-refractivity contribution in [2.75, 3.05) is 13.1 Å². The van der Waals surface area contributed by atoms with Crippen molar-refractivity contribution in [1.82, 2.24) is 5.32 Å². The fraction of sp³-hybridized carbons (Fsp3) is 0.875. The second-order valence-electron chi connectivity index (χ2n) is 2.27. The van der Waals surface area contributed by atoms with Gasteiger partial charge in [0.05, 0.1) is 0 Å². The summed E-state index contributed by atoms with van der Waals surface area (Å²) >= 11 is 0. The SMILES string of the molecule is CC(=O)NCCN.CCCC. The first-order chi connectivity index (χ1) is 5.18. The van der Waals surface area contributed by atoms with Crippen LogP contribution in [0.3, 0.4) is 0 Å². The molecular weight excluding hydrogens is 140 g/mol.